The second-order valence-corrected chi connectivity index (χ2v) is 5.94. The summed E-state index contributed by atoms with van der Waals surface area (Å²) in [6.07, 6.45) is 4.03. The van der Waals surface area contributed by atoms with Gasteiger partial charge in [-0.25, -0.2) is 4.39 Å². The molecule has 0 aliphatic heterocycles. The molecule has 4 nitrogen and oxygen atoms in total. The monoisotopic (exact) mass is 294 g/mol. The lowest BCUT2D eigenvalue weighted by Gasteiger charge is -2.38. The van der Waals surface area contributed by atoms with Crippen molar-refractivity contribution in [3.8, 4) is 0 Å². The van der Waals surface area contributed by atoms with Gasteiger partial charge in [0.1, 0.15) is 12.4 Å². The van der Waals surface area contributed by atoms with Crippen molar-refractivity contribution in [3.05, 3.63) is 30.1 Å². The number of nitrogens with one attached hydrogen (secondary N) is 1. The largest absolute Gasteiger partial charge is 0.364 e. The maximum Gasteiger partial charge on any atom is 0.250 e. The fourth-order valence-electron chi connectivity index (χ4n) is 2.97. The molecule has 2 atom stereocenters. The van der Waals surface area contributed by atoms with Gasteiger partial charge in [0.25, 0.3) is 0 Å². The van der Waals surface area contributed by atoms with Crippen LogP contribution in [0.25, 0.3) is 0 Å². The van der Waals surface area contributed by atoms with Crippen molar-refractivity contribution in [2.45, 2.75) is 38.2 Å². The van der Waals surface area contributed by atoms with Gasteiger partial charge >= 0.3 is 0 Å². The third kappa shape index (κ3) is 4.51. The minimum atomic E-state index is -0.392. The minimum absolute atomic E-state index is 0.0551. The number of benzene rings is 1. The lowest BCUT2D eigenvalue weighted by molar-refractivity contribution is -0.131. The zero-order valence-corrected chi connectivity index (χ0v) is 12.4. The summed E-state index contributed by atoms with van der Waals surface area (Å²) >= 11 is 0. The molecule has 0 heterocycles. The molecular weight excluding hydrogens is 271 g/mol. The van der Waals surface area contributed by atoms with Crippen molar-refractivity contribution in [1.29, 1.82) is 0 Å². The number of rotatable bonds is 5. The van der Waals surface area contributed by atoms with Gasteiger partial charge in [-0.15, -0.1) is 0 Å². The molecule has 1 aliphatic rings. The van der Waals surface area contributed by atoms with Crippen LogP contribution in [-0.2, 0) is 9.53 Å². The molecule has 3 N–H and O–H groups in total. The van der Waals surface area contributed by atoms with E-state index in [2.05, 4.69) is 12.2 Å². The Morgan fingerprint density at radius 2 is 2.38 bits per heavy atom. The lowest BCUT2D eigenvalue weighted by Crippen LogP contribution is -2.46. The van der Waals surface area contributed by atoms with Crippen molar-refractivity contribution < 1.29 is 13.9 Å². The Kier molecular flexibility index (Phi) is 5.31. The smallest absolute Gasteiger partial charge is 0.250 e. The van der Waals surface area contributed by atoms with Gasteiger partial charge in [0.05, 0.1) is 5.60 Å². The fraction of sp³-hybridized carbons (Fsp3) is 0.562. The number of hydrogen-bond acceptors (Lipinski definition) is 3. The first kappa shape index (κ1) is 15.9. The van der Waals surface area contributed by atoms with E-state index in [1.807, 2.05) is 0 Å². The molecule has 1 saturated carbocycles. The van der Waals surface area contributed by atoms with Crippen LogP contribution in [-0.4, -0.2) is 24.7 Å². The number of amides is 1. The van der Waals surface area contributed by atoms with Crippen molar-refractivity contribution >= 4 is 11.6 Å². The van der Waals surface area contributed by atoms with Gasteiger partial charge in [0.2, 0.25) is 5.91 Å². The van der Waals surface area contributed by atoms with Crippen LogP contribution in [0.1, 0.15) is 32.6 Å². The first-order valence-electron chi connectivity index (χ1n) is 7.42. The first-order valence-corrected chi connectivity index (χ1v) is 7.42. The Balaban J connectivity index is 1.87. The number of carbonyl (C=O) groups is 1. The van der Waals surface area contributed by atoms with E-state index in [9.17, 15) is 9.18 Å². The molecule has 21 heavy (non-hydrogen) atoms. The quantitative estimate of drug-likeness (QED) is 0.877. The lowest BCUT2D eigenvalue weighted by atomic mass is 9.79. The SMILES string of the molecule is CC1CCCC(CN)(OCC(=O)Nc2cccc(F)c2)C1. The van der Waals surface area contributed by atoms with Crippen molar-refractivity contribution in [1.82, 2.24) is 0 Å². The fourth-order valence-corrected chi connectivity index (χ4v) is 2.97. The Hall–Kier alpha value is -1.46. The number of halogens is 1. The number of anilines is 1. The molecule has 2 rings (SSSR count). The zero-order chi connectivity index (χ0) is 15.3. The summed E-state index contributed by atoms with van der Waals surface area (Å²) in [5.41, 5.74) is 5.89. The van der Waals surface area contributed by atoms with Crippen molar-refractivity contribution in [3.63, 3.8) is 0 Å². The Bertz CT molecular complexity index is 495. The van der Waals surface area contributed by atoms with Crippen LogP contribution in [0.15, 0.2) is 24.3 Å². The normalized spacial score (nSPS) is 25.6. The molecule has 0 radical (unpaired) electrons. The summed E-state index contributed by atoms with van der Waals surface area (Å²) in [4.78, 5) is 11.9. The molecule has 0 spiro atoms. The molecule has 0 aromatic heterocycles. The van der Waals surface area contributed by atoms with E-state index < -0.39 is 5.60 Å². The predicted octanol–water partition coefficient (Wildman–Crippen LogP) is 2.69. The molecule has 116 valence electrons. The average molecular weight is 294 g/mol. The first-order chi connectivity index (χ1) is 10.0. The summed E-state index contributed by atoms with van der Waals surface area (Å²) in [5, 5.41) is 2.63. The predicted molar refractivity (Wildman–Crippen MR) is 80.4 cm³/mol. The van der Waals surface area contributed by atoms with Gasteiger partial charge in [0, 0.05) is 12.2 Å². The molecule has 0 saturated heterocycles. The van der Waals surface area contributed by atoms with E-state index >= 15 is 0 Å². The van der Waals surface area contributed by atoms with Gasteiger partial charge in [-0.2, -0.15) is 0 Å². The molecule has 1 aromatic rings. The van der Waals surface area contributed by atoms with E-state index in [0.29, 0.717) is 18.2 Å². The van der Waals surface area contributed by atoms with E-state index in [4.69, 9.17) is 10.5 Å². The molecule has 1 aliphatic carbocycles. The van der Waals surface area contributed by atoms with Crippen molar-refractivity contribution in [2.24, 2.45) is 11.7 Å². The van der Waals surface area contributed by atoms with Crippen LogP contribution in [0, 0.1) is 11.7 Å². The van der Waals surface area contributed by atoms with Gasteiger partial charge in [-0.05, 0) is 37.0 Å². The van der Waals surface area contributed by atoms with Gasteiger partial charge < -0.3 is 15.8 Å². The second kappa shape index (κ2) is 7.00. The van der Waals surface area contributed by atoms with E-state index in [-0.39, 0.29) is 18.3 Å². The van der Waals surface area contributed by atoms with E-state index in [1.165, 1.54) is 18.6 Å². The van der Waals surface area contributed by atoms with Crippen molar-refractivity contribution in [2.75, 3.05) is 18.5 Å². The summed E-state index contributed by atoms with van der Waals surface area (Å²) in [7, 11) is 0. The molecule has 1 fully saturated rings. The number of carbonyl (C=O) groups excluding carboxylic acids is 1. The van der Waals surface area contributed by atoms with Crippen LogP contribution in [0.3, 0.4) is 0 Å². The van der Waals surface area contributed by atoms with E-state index in [0.717, 1.165) is 19.3 Å². The summed E-state index contributed by atoms with van der Waals surface area (Å²) in [6.45, 7) is 2.55. The Morgan fingerprint density at radius 1 is 1.57 bits per heavy atom. The minimum Gasteiger partial charge on any atom is -0.364 e. The third-order valence-corrected chi connectivity index (χ3v) is 4.04. The van der Waals surface area contributed by atoms with E-state index in [1.54, 1.807) is 12.1 Å². The summed E-state index contributed by atoms with van der Waals surface area (Å²) < 4.78 is 18.9. The third-order valence-electron chi connectivity index (χ3n) is 4.04. The van der Waals surface area contributed by atoms with Crippen LogP contribution in [0.5, 0.6) is 0 Å². The molecule has 1 amide bonds. The van der Waals surface area contributed by atoms with Crippen LogP contribution in [0.4, 0.5) is 10.1 Å². The Labute approximate surface area is 124 Å². The molecule has 1 aromatic carbocycles. The average Bonchev–Trinajstić information content (AvgIpc) is 2.45. The number of nitrogens with two attached hydrogens (primary N) is 1. The maximum atomic E-state index is 13.1. The molecule has 5 heteroatoms. The van der Waals surface area contributed by atoms with Crippen LogP contribution in [0.2, 0.25) is 0 Å². The highest BCUT2D eigenvalue weighted by molar-refractivity contribution is 5.91. The standard InChI is InChI=1S/C16H23FN2O2/c1-12-4-3-7-16(9-12,11-18)21-10-15(20)19-14-6-2-5-13(17)8-14/h2,5-6,8,12H,3-4,7,9-11,18H2,1H3,(H,19,20). The van der Waals surface area contributed by atoms with Crippen LogP contribution < -0.4 is 11.1 Å². The zero-order valence-electron chi connectivity index (χ0n) is 12.4. The molecule has 0 bridgehead atoms. The van der Waals surface area contributed by atoms with Gasteiger partial charge in [-0.1, -0.05) is 25.8 Å². The molecular formula is C16H23FN2O2. The van der Waals surface area contributed by atoms with Crippen LogP contribution >= 0.6 is 0 Å². The highest BCUT2D eigenvalue weighted by Gasteiger charge is 2.35. The van der Waals surface area contributed by atoms with Gasteiger partial charge in [-0.3, -0.25) is 4.79 Å². The van der Waals surface area contributed by atoms with Gasteiger partial charge in [0.15, 0.2) is 0 Å². The highest BCUT2D eigenvalue weighted by atomic mass is 19.1. The number of hydrogen-bond donors (Lipinski definition) is 2. The topological polar surface area (TPSA) is 64.3 Å². The number of ether oxygens (including phenoxy) is 1. The second-order valence-electron chi connectivity index (χ2n) is 5.94. The molecule has 2 unspecified atom stereocenters. The Morgan fingerprint density at radius 3 is 3.05 bits per heavy atom. The highest BCUT2D eigenvalue weighted by Crippen LogP contribution is 2.34. The summed E-state index contributed by atoms with van der Waals surface area (Å²) in [5.74, 6) is -0.103. The summed E-state index contributed by atoms with van der Waals surface area (Å²) in [6, 6.07) is 5.80. The maximum absolute atomic E-state index is 13.1.